The molecule has 0 bridgehead atoms. The summed E-state index contributed by atoms with van der Waals surface area (Å²) in [7, 11) is 1.73. The van der Waals surface area contributed by atoms with Crippen molar-refractivity contribution in [3.63, 3.8) is 0 Å². The van der Waals surface area contributed by atoms with Crippen molar-refractivity contribution in [2.45, 2.75) is 64.5 Å². The van der Waals surface area contributed by atoms with E-state index in [-0.39, 0.29) is 0 Å². The van der Waals surface area contributed by atoms with Crippen LogP contribution in [0.5, 0.6) is 5.75 Å². The molecule has 20 heavy (non-hydrogen) atoms. The van der Waals surface area contributed by atoms with Crippen LogP contribution in [0.1, 0.15) is 64.0 Å². The smallest absolute Gasteiger partial charge is 0.119 e. The van der Waals surface area contributed by atoms with Gasteiger partial charge in [-0.2, -0.15) is 0 Å². The lowest BCUT2D eigenvalue weighted by Gasteiger charge is -2.31. The molecule has 0 radical (unpaired) electrons. The van der Waals surface area contributed by atoms with Crippen LogP contribution in [-0.2, 0) is 0 Å². The molecular weight excluding hydrogens is 246 g/mol. The summed E-state index contributed by atoms with van der Waals surface area (Å²) in [5.74, 6) is 1.92. The summed E-state index contributed by atoms with van der Waals surface area (Å²) in [6.07, 6.45) is 8.21. The molecule has 0 heterocycles. The van der Waals surface area contributed by atoms with Gasteiger partial charge < -0.3 is 10.1 Å². The third kappa shape index (κ3) is 4.24. The molecule has 1 atom stereocenters. The Kier molecular flexibility index (Phi) is 5.90. The fourth-order valence-corrected chi connectivity index (χ4v) is 3.39. The standard InChI is InChI=1S/C18H29NO/c1-4-6-15-9-11-17(12-10-15)19-14(2)16-7-5-8-18(13-16)20-3/h5,7-8,13-15,17,19H,4,6,9-12H2,1-3H3/t14-,15?,17?/m0/s1. The summed E-state index contributed by atoms with van der Waals surface area (Å²) < 4.78 is 5.31. The molecule has 1 saturated carbocycles. The Morgan fingerprint density at radius 1 is 1.25 bits per heavy atom. The van der Waals surface area contributed by atoms with Gasteiger partial charge in [0.15, 0.2) is 0 Å². The van der Waals surface area contributed by atoms with Crippen molar-refractivity contribution < 1.29 is 4.74 Å². The molecule has 2 rings (SSSR count). The molecular formula is C18H29NO. The molecule has 1 fully saturated rings. The molecule has 1 aromatic carbocycles. The molecule has 0 spiro atoms. The number of hydrogen-bond donors (Lipinski definition) is 1. The van der Waals surface area contributed by atoms with Crippen LogP contribution in [0, 0.1) is 5.92 Å². The highest BCUT2D eigenvalue weighted by molar-refractivity contribution is 5.30. The Balaban J connectivity index is 1.84. The van der Waals surface area contributed by atoms with Crippen molar-refractivity contribution in [2.75, 3.05) is 7.11 Å². The Labute approximate surface area is 123 Å². The highest BCUT2D eigenvalue weighted by atomic mass is 16.5. The van der Waals surface area contributed by atoms with Crippen LogP contribution in [0.4, 0.5) is 0 Å². The quantitative estimate of drug-likeness (QED) is 0.812. The molecule has 0 amide bonds. The van der Waals surface area contributed by atoms with Gasteiger partial charge in [0.25, 0.3) is 0 Å². The molecule has 0 saturated heterocycles. The molecule has 112 valence electrons. The van der Waals surface area contributed by atoms with Gasteiger partial charge in [-0.3, -0.25) is 0 Å². The second kappa shape index (κ2) is 7.68. The van der Waals surface area contributed by atoms with Gasteiger partial charge >= 0.3 is 0 Å². The number of ether oxygens (including phenoxy) is 1. The van der Waals surface area contributed by atoms with E-state index < -0.39 is 0 Å². The molecule has 2 heteroatoms. The van der Waals surface area contributed by atoms with E-state index in [0.717, 1.165) is 11.7 Å². The van der Waals surface area contributed by atoms with Crippen LogP contribution >= 0.6 is 0 Å². The summed E-state index contributed by atoms with van der Waals surface area (Å²) in [4.78, 5) is 0. The number of rotatable bonds is 6. The van der Waals surface area contributed by atoms with Crippen LogP contribution in [0.15, 0.2) is 24.3 Å². The lowest BCUT2D eigenvalue weighted by atomic mass is 9.83. The second-order valence-corrected chi connectivity index (χ2v) is 6.17. The van der Waals surface area contributed by atoms with Gasteiger partial charge in [-0.05, 0) is 56.2 Å². The van der Waals surface area contributed by atoms with Crippen LogP contribution < -0.4 is 10.1 Å². The predicted octanol–water partition coefficient (Wildman–Crippen LogP) is 4.70. The zero-order chi connectivity index (χ0) is 14.4. The van der Waals surface area contributed by atoms with E-state index in [0.29, 0.717) is 12.1 Å². The maximum atomic E-state index is 5.31. The van der Waals surface area contributed by atoms with Crippen molar-refractivity contribution >= 4 is 0 Å². The van der Waals surface area contributed by atoms with E-state index in [4.69, 9.17) is 4.74 Å². The lowest BCUT2D eigenvalue weighted by Crippen LogP contribution is -2.35. The first kappa shape index (κ1) is 15.4. The summed E-state index contributed by atoms with van der Waals surface area (Å²) >= 11 is 0. The maximum Gasteiger partial charge on any atom is 0.119 e. The van der Waals surface area contributed by atoms with Gasteiger partial charge in [-0.15, -0.1) is 0 Å². The molecule has 1 aliphatic carbocycles. The SMILES string of the molecule is CCCC1CCC(N[C@@H](C)c2cccc(OC)c2)CC1. The first-order valence-corrected chi connectivity index (χ1v) is 8.13. The number of hydrogen-bond acceptors (Lipinski definition) is 2. The van der Waals surface area contributed by atoms with Gasteiger partial charge in [-0.25, -0.2) is 0 Å². The highest BCUT2D eigenvalue weighted by Crippen LogP contribution is 2.29. The molecule has 0 aliphatic heterocycles. The van der Waals surface area contributed by atoms with E-state index in [1.54, 1.807) is 7.11 Å². The Hall–Kier alpha value is -1.02. The van der Waals surface area contributed by atoms with Crippen LogP contribution in [0.25, 0.3) is 0 Å². The van der Waals surface area contributed by atoms with Crippen molar-refractivity contribution in [3.8, 4) is 5.75 Å². The van der Waals surface area contributed by atoms with Gasteiger partial charge in [0, 0.05) is 12.1 Å². The summed E-state index contributed by atoms with van der Waals surface area (Å²) in [5.41, 5.74) is 1.32. The Morgan fingerprint density at radius 3 is 2.65 bits per heavy atom. The summed E-state index contributed by atoms with van der Waals surface area (Å²) in [5, 5.41) is 3.79. The van der Waals surface area contributed by atoms with Crippen LogP contribution in [0.3, 0.4) is 0 Å². The van der Waals surface area contributed by atoms with E-state index >= 15 is 0 Å². The maximum absolute atomic E-state index is 5.31. The minimum absolute atomic E-state index is 0.401. The highest BCUT2D eigenvalue weighted by Gasteiger charge is 2.21. The summed E-state index contributed by atoms with van der Waals surface area (Å²) in [6, 6.07) is 9.49. The van der Waals surface area contributed by atoms with Gasteiger partial charge in [-0.1, -0.05) is 31.9 Å². The van der Waals surface area contributed by atoms with E-state index in [1.807, 2.05) is 6.07 Å². The molecule has 2 nitrogen and oxygen atoms in total. The normalized spacial score (nSPS) is 24.4. The van der Waals surface area contributed by atoms with Crippen molar-refractivity contribution in [1.82, 2.24) is 5.32 Å². The van der Waals surface area contributed by atoms with Crippen LogP contribution in [-0.4, -0.2) is 13.2 Å². The lowest BCUT2D eigenvalue weighted by molar-refractivity contribution is 0.266. The van der Waals surface area contributed by atoms with Gasteiger partial charge in [0.05, 0.1) is 7.11 Å². The number of nitrogens with one attached hydrogen (secondary N) is 1. The van der Waals surface area contributed by atoms with E-state index in [9.17, 15) is 0 Å². The number of benzene rings is 1. The zero-order valence-corrected chi connectivity index (χ0v) is 13.2. The first-order chi connectivity index (χ1) is 9.72. The molecule has 0 aromatic heterocycles. The monoisotopic (exact) mass is 275 g/mol. The van der Waals surface area contributed by atoms with E-state index in [2.05, 4.69) is 37.4 Å². The van der Waals surface area contributed by atoms with Crippen molar-refractivity contribution in [3.05, 3.63) is 29.8 Å². The van der Waals surface area contributed by atoms with Gasteiger partial charge in [0.1, 0.15) is 5.75 Å². The fourth-order valence-electron chi connectivity index (χ4n) is 3.39. The molecule has 1 aromatic rings. The third-order valence-corrected chi connectivity index (χ3v) is 4.62. The topological polar surface area (TPSA) is 21.3 Å². The third-order valence-electron chi connectivity index (χ3n) is 4.62. The van der Waals surface area contributed by atoms with E-state index in [1.165, 1.54) is 44.1 Å². The number of methoxy groups -OCH3 is 1. The average molecular weight is 275 g/mol. The first-order valence-electron chi connectivity index (χ1n) is 8.13. The Morgan fingerprint density at radius 2 is 2.00 bits per heavy atom. The van der Waals surface area contributed by atoms with Crippen molar-refractivity contribution in [1.29, 1.82) is 0 Å². The van der Waals surface area contributed by atoms with Gasteiger partial charge in [0.2, 0.25) is 0 Å². The molecule has 0 unspecified atom stereocenters. The van der Waals surface area contributed by atoms with Crippen molar-refractivity contribution in [2.24, 2.45) is 5.92 Å². The fraction of sp³-hybridized carbons (Fsp3) is 0.667. The second-order valence-electron chi connectivity index (χ2n) is 6.17. The minimum Gasteiger partial charge on any atom is -0.497 e. The average Bonchev–Trinajstić information content (AvgIpc) is 2.49. The largest absolute Gasteiger partial charge is 0.497 e. The van der Waals surface area contributed by atoms with Crippen LogP contribution in [0.2, 0.25) is 0 Å². The minimum atomic E-state index is 0.401. The molecule has 1 aliphatic rings. The zero-order valence-electron chi connectivity index (χ0n) is 13.2. The molecule has 1 N–H and O–H groups in total. The predicted molar refractivity (Wildman–Crippen MR) is 85.2 cm³/mol. The summed E-state index contributed by atoms with van der Waals surface area (Å²) in [6.45, 7) is 4.56. The Bertz CT molecular complexity index is 396.